The van der Waals surface area contributed by atoms with E-state index in [1.54, 1.807) is 6.08 Å². The van der Waals surface area contributed by atoms with E-state index >= 15 is 0 Å². The van der Waals surface area contributed by atoms with E-state index in [4.69, 9.17) is 5.73 Å². The first-order chi connectivity index (χ1) is 13.3. The molecule has 28 heavy (non-hydrogen) atoms. The second kappa shape index (κ2) is 8.68. The fourth-order valence-corrected chi connectivity index (χ4v) is 3.16. The van der Waals surface area contributed by atoms with Crippen LogP contribution in [0, 0.1) is 0 Å². The summed E-state index contributed by atoms with van der Waals surface area (Å²) in [4.78, 5) is 7.90. The van der Waals surface area contributed by atoms with E-state index in [2.05, 4.69) is 19.7 Å². The van der Waals surface area contributed by atoms with Crippen LogP contribution in [0.5, 0.6) is 0 Å². The predicted octanol–water partition coefficient (Wildman–Crippen LogP) is 5.03. The highest BCUT2D eigenvalue weighted by molar-refractivity contribution is 5.86. The molecule has 0 bridgehead atoms. The Balaban J connectivity index is 1.57. The lowest BCUT2D eigenvalue weighted by Gasteiger charge is -2.10. The van der Waals surface area contributed by atoms with Gasteiger partial charge in [-0.2, -0.15) is 18.2 Å². The minimum Gasteiger partial charge on any atom is -0.329 e. The summed E-state index contributed by atoms with van der Waals surface area (Å²) in [5.41, 5.74) is 8.82. The van der Waals surface area contributed by atoms with Crippen molar-refractivity contribution < 1.29 is 17.7 Å². The fraction of sp³-hybridized carbons (Fsp3) is 0.450. The van der Waals surface area contributed by atoms with E-state index in [1.807, 2.05) is 31.3 Å². The number of benzene rings is 1. The Hall–Kier alpha value is -2.48. The molecule has 0 amide bonds. The zero-order valence-electron chi connectivity index (χ0n) is 15.6. The van der Waals surface area contributed by atoms with Crippen LogP contribution in [-0.2, 0) is 6.18 Å². The number of hydrogen-bond acceptors (Lipinski definition) is 5. The SMILES string of the molecule is CC(N)CCCCCC1N=Cc2cc(C=Cc3noc(C(F)(F)F)n3)ccc21. The van der Waals surface area contributed by atoms with Gasteiger partial charge in [0, 0.05) is 12.3 Å². The van der Waals surface area contributed by atoms with E-state index in [-0.39, 0.29) is 17.9 Å². The van der Waals surface area contributed by atoms with E-state index in [0.29, 0.717) is 0 Å². The molecule has 0 saturated heterocycles. The van der Waals surface area contributed by atoms with Crippen LogP contribution in [0.2, 0.25) is 0 Å². The largest absolute Gasteiger partial charge is 0.471 e. The van der Waals surface area contributed by atoms with E-state index in [1.165, 1.54) is 11.6 Å². The molecule has 2 heterocycles. The Labute approximate surface area is 161 Å². The normalized spacial score (nSPS) is 17.4. The van der Waals surface area contributed by atoms with Gasteiger partial charge in [0.15, 0.2) is 5.82 Å². The monoisotopic (exact) mass is 392 g/mol. The van der Waals surface area contributed by atoms with Crippen molar-refractivity contribution in [2.24, 2.45) is 10.7 Å². The Morgan fingerprint density at radius 1 is 1.21 bits per heavy atom. The molecule has 0 aliphatic carbocycles. The molecule has 5 nitrogen and oxygen atoms in total. The van der Waals surface area contributed by atoms with Gasteiger partial charge < -0.3 is 10.3 Å². The molecule has 2 N–H and O–H groups in total. The van der Waals surface area contributed by atoms with Crippen LogP contribution in [0.3, 0.4) is 0 Å². The Morgan fingerprint density at radius 2 is 2.04 bits per heavy atom. The first kappa shape index (κ1) is 20.3. The molecule has 150 valence electrons. The van der Waals surface area contributed by atoms with Crippen molar-refractivity contribution in [2.45, 2.75) is 57.3 Å². The van der Waals surface area contributed by atoms with Crippen LogP contribution in [-0.4, -0.2) is 22.4 Å². The molecular formula is C20H23F3N4O. The summed E-state index contributed by atoms with van der Waals surface area (Å²) in [5.74, 6) is -1.47. The average molecular weight is 392 g/mol. The first-order valence-corrected chi connectivity index (χ1v) is 9.34. The van der Waals surface area contributed by atoms with Gasteiger partial charge in [0.1, 0.15) is 0 Å². The minimum atomic E-state index is -4.64. The Morgan fingerprint density at radius 3 is 2.75 bits per heavy atom. The van der Waals surface area contributed by atoms with Gasteiger partial charge in [0.05, 0.1) is 6.04 Å². The number of nitrogens with zero attached hydrogens (tertiary/aromatic N) is 3. The lowest BCUT2D eigenvalue weighted by Crippen LogP contribution is -2.13. The van der Waals surface area contributed by atoms with E-state index in [9.17, 15) is 13.2 Å². The Bertz CT molecular complexity index is 855. The van der Waals surface area contributed by atoms with Gasteiger partial charge >= 0.3 is 12.1 Å². The number of nitrogens with two attached hydrogens (primary N) is 1. The molecule has 1 aromatic heterocycles. The van der Waals surface area contributed by atoms with Gasteiger partial charge in [-0.15, -0.1) is 0 Å². The number of hydrogen-bond donors (Lipinski definition) is 1. The zero-order chi connectivity index (χ0) is 20.1. The predicted molar refractivity (Wildman–Crippen MR) is 102 cm³/mol. The second-order valence-electron chi connectivity index (χ2n) is 7.09. The molecule has 1 aliphatic heterocycles. The summed E-state index contributed by atoms with van der Waals surface area (Å²) < 4.78 is 41.6. The topological polar surface area (TPSA) is 77.3 Å². The molecular weight excluding hydrogens is 369 g/mol. The molecule has 3 rings (SSSR count). The van der Waals surface area contributed by atoms with Gasteiger partial charge in [-0.25, -0.2) is 0 Å². The molecule has 2 aromatic rings. The number of halogens is 3. The van der Waals surface area contributed by atoms with Crippen molar-refractivity contribution in [3.63, 3.8) is 0 Å². The van der Waals surface area contributed by atoms with Crippen molar-refractivity contribution in [3.05, 3.63) is 46.6 Å². The lowest BCUT2D eigenvalue weighted by molar-refractivity contribution is -0.159. The molecule has 2 atom stereocenters. The molecule has 0 saturated carbocycles. The van der Waals surface area contributed by atoms with Crippen molar-refractivity contribution >= 4 is 18.4 Å². The summed E-state index contributed by atoms with van der Waals surface area (Å²) in [6, 6.07) is 6.32. The molecule has 1 aliphatic rings. The Kier molecular flexibility index (Phi) is 6.28. The van der Waals surface area contributed by atoms with Gasteiger partial charge in [-0.3, -0.25) is 4.99 Å². The van der Waals surface area contributed by atoms with Crippen molar-refractivity contribution in [1.29, 1.82) is 0 Å². The van der Waals surface area contributed by atoms with E-state index < -0.39 is 12.1 Å². The number of aromatic nitrogens is 2. The highest BCUT2D eigenvalue weighted by Gasteiger charge is 2.38. The number of rotatable bonds is 8. The first-order valence-electron chi connectivity index (χ1n) is 9.34. The van der Waals surface area contributed by atoms with Gasteiger partial charge in [-0.05, 0) is 48.6 Å². The molecule has 0 radical (unpaired) electrons. The quantitative estimate of drug-likeness (QED) is 0.639. The van der Waals surface area contributed by atoms with Gasteiger partial charge in [0.2, 0.25) is 0 Å². The van der Waals surface area contributed by atoms with Crippen molar-refractivity contribution in [2.75, 3.05) is 0 Å². The van der Waals surface area contributed by atoms with Gasteiger partial charge in [-0.1, -0.05) is 42.6 Å². The minimum absolute atomic E-state index is 0.119. The molecule has 0 fully saturated rings. The van der Waals surface area contributed by atoms with Crippen LogP contribution in [0.15, 0.2) is 27.7 Å². The maximum atomic E-state index is 12.5. The number of alkyl halides is 3. The highest BCUT2D eigenvalue weighted by Crippen LogP contribution is 2.32. The third kappa shape index (κ3) is 5.28. The number of unbranched alkanes of at least 4 members (excludes halogenated alkanes) is 2. The highest BCUT2D eigenvalue weighted by atomic mass is 19.4. The van der Waals surface area contributed by atoms with Crippen LogP contribution < -0.4 is 5.73 Å². The maximum absolute atomic E-state index is 12.5. The van der Waals surface area contributed by atoms with Crippen molar-refractivity contribution in [3.8, 4) is 0 Å². The van der Waals surface area contributed by atoms with Crippen molar-refractivity contribution in [1.82, 2.24) is 10.1 Å². The summed E-state index contributed by atoms with van der Waals surface area (Å²) in [6.07, 6.45) is 5.70. The second-order valence-corrected chi connectivity index (χ2v) is 7.09. The van der Waals surface area contributed by atoms with Crippen LogP contribution in [0.25, 0.3) is 12.2 Å². The standard InChI is InChI=1S/C20H23F3N4O/c1-13(24)5-3-2-4-6-17-16-9-7-14(11-15(16)12-25-17)8-10-18-26-19(28-27-18)20(21,22)23/h7-13,17H,2-6,24H2,1H3. The molecule has 0 spiro atoms. The number of aliphatic imine (C=N–C) groups is 1. The maximum Gasteiger partial charge on any atom is 0.471 e. The van der Waals surface area contributed by atoms with Crippen LogP contribution in [0.4, 0.5) is 13.2 Å². The molecule has 1 aromatic carbocycles. The lowest BCUT2D eigenvalue weighted by atomic mass is 9.97. The van der Waals surface area contributed by atoms with Crippen LogP contribution >= 0.6 is 0 Å². The molecule has 2 unspecified atom stereocenters. The zero-order valence-corrected chi connectivity index (χ0v) is 15.6. The number of fused-ring (bicyclic) bond motifs is 1. The smallest absolute Gasteiger partial charge is 0.329 e. The average Bonchev–Trinajstić information content (AvgIpc) is 3.26. The van der Waals surface area contributed by atoms with Gasteiger partial charge in [0.25, 0.3) is 0 Å². The van der Waals surface area contributed by atoms with E-state index in [0.717, 1.165) is 43.2 Å². The summed E-state index contributed by atoms with van der Waals surface area (Å²) in [7, 11) is 0. The fourth-order valence-electron chi connectivity index (χ4n) is 3.16. The summed E-state index contributed by atoms with van der Waals surface area (Å²) in [6.45, 7) is 2.03. The van der Waals surface area contributed by atoms with Crippen LogP contribution in [0.1, 0.15) is 73.5 Å². The summed E-state index contributed by atoms with van der Waals surface area (Å²) >= 11 is 0. The molecule has 8 heteroatoms. The third-order valence-corrected chi connectivity index (χ3v) is 4.61. The third-order valence-electron chi connectivity index (χ3n) is 4.61. The summed E-state index contributed by atoms with van der Waals surface area (Å²) in [5, 5.41) is 3.31.